The van der Waals surface area contributed by atoms with Crippen LogP contribution in [0.25, 0.3) is 6.08 Å². The van der Waals surface area contributed by atoms with Crippen molar-refractivity contribution in [2.75, 3.05) is 23.2 Å². The molecule has 4 aromatic rings. The SMILES string of the molecule is COc1ccc(NC(=O)C2=Cc3ccccc3/C(=N\Nc3cc(C(=O)Nc4ccc(S(=O)(=O)O)cc4)ccc3C)C2=O)cc1. The molecule has 0 aliphatic heterocycles. The smallest absolute Gasteiger partial charge is 0.294 e. The van der Waals surface area contributed by atoms with Crippen molar-refractivity contribution in [2.24, 2.45) is 5.10 Å². The molecule has 1 aliphatic rings. The predicted octanol–water partition coefficient (Wildman–Crippen LogP) is 4.92. The van der Waals surface area contributed by atoms with E-state index in [2.05, 4.69) is 21.2 Å². The van der Waals surface area contributed by atoms with Gasteiger partial charge in [0.1, 0.15) is 11.5 Å². The zero-order valence-corrected chi connectivity index (χ0v) is 24.3. The quantitative estimate of drug-likeness (QED) is 0.124. The van der Waals surface area contributed by atoms with Crippen LogP contribution >= 0.6 is 0 Å². The molecule has 0 heterocycles. The fourth-order valence-electron chi connectivity index (χ4n) is 4.38. The van der Waals surface area contributed by atoms with E-state index in [1.165, 1.54) is 37.5 Å². The topological polar surface area (TPSA) is 163 Å². The normalized spacial score (nSPS) is 13.5. The number of ketones is 1. The number of Topliss-reactive ketones (excluding diaryl/α,β-unsaturated/α-hetero) is 1. The van der Waals surface area contributed by atoms with E-state index in [9.17, 15) is 22.8 Å². The van der Waals surface area contributed by atoms with Gasteiger partial charge in [-0.2, -0.15) is 13.5 Å². The van der Waals surface area contributed by atoms with Crippen molar-refractivity contribution in [3.8, 4) is 5.75 Å². The molecule has 44 heavy (non-hydrogen) atoms. The number of amides is 2. The number of methoxy groups -OCH3 is 1. The molecule has 4 N–H and O–H groups in total. The summed E-state index contributed by atoms with van der Waals surface area (Å²) in [5.41, 5.74) is 6.21. The van der Waals surface area contributed by atoms with Gasteiger partial charge in [0.2, 0.25) is 5.78 Å². The molecule has 0 unspecified atom stereocenters. The summed E-state index contributed by atoms with van der Waals surface area (Å²) in [5, 5.41) is 9.78. The van der Waals surface area contributed by atoms with E-state index >= 15 is 0 Å². The van der Waals surface area contributed by atoms with Crippen LogP contribution in [-0.2, 0) is 19.7 Å². The summed E-state index contributed by atoms with van der Waals surface area (Å²) in [6.07, 6.45) is 1.52. The Labute approximate surface area is 253 Å². The first-order chi connectivity index (χ1) is 21.0. The summed E-state index contributed by atoms with van der Waals surface area (Å²) in [4.78, 5) is 39.3. The maximum atomic E-state index is 13.6. The van der Waals surface area contributed by atoms with E-state index in [-0.39, 0.29) is 21.7 Å². The molecule has 0 saturated heterocycles. The molecule has 0 aromatic heterocycles. The number of nitrogens with zero attached hydrogens (tertiary/aromatic N) is 1. The van der Waals surface area contributed by atoms with Crippen molar-refractivity contribution in [1.29, 1.82) is 0 Å². The number of hydrazone groups is 1. The van der Waals surface area contributed by atoms with Crippen molar-refractivity contribution >= 4 is 56.6 Å². The molecule has 5 rings (SSSR count). The maximum absolute atomic E-state index is 13.6. The van der Waals surface area contributed by atoms with E-state index in [1.54, 1.807) is 73.7 Å². The lowest BCUT2D eigenvalue weighted by Crippen LogP contribution is -2.30. The number of hydrogen-bond acceptors (Lipinski definition) is 8. The van der Waals surface area contributed by atoms with Crippen LogP contribution in [0.2, 0.25) is 0 Å². The molecule has 2 amide bonds. The third-order valence-electron chi connectivity index (χ3n) is 6.77. The zero-order valence-electron chi connectivity index (χ0n) is 23.5. The molecule has 0 bridgehead atoms. The zero-order chi connectivity index (χ0) is 31.4. The molecule has 0 saturated carbocycles. The van der Waals surface area contributed by atoms with Crippen molar-refractivity contribution in [2.45, 2.75) is 11.8 Å². The Morgan fingerprint density at radius 1 is 0.841 bits per heavy atom. The van der Waals surface area contributed by atoms with Gasteiger partial charge in [-0.3, -0.25) is 24.4 Å². The van der Waals surface area contributed by atoms with Gasteiger partial charge in [0, 0.05) is 22.5 Å². The van der Waals surface area contributed by atoms with Crippen LogP contribution < -0.4 is 20.8 Å². The Balaban J connectivity index is 1.37. The maximum Gasteiger partial charge on any atom is 0.294 e. The van der Waals surface area contributed by atoms with Gasteiger partial charge < -0.3 is 15.4 Å². The highest BCUT2D eigenvalue weighted by atomic mass is 32.2. The Morgan fingerprint density at radius 3 is 2.14 bits per heavy atom. The van der Waals surface area contributed by atoms with Crippen LogP contribution in [0.4, 0.5) is 17.1 Å². The number of benzene rings is 4. The van der Waals surface area contributed by atoms with Crippen LogP contribution in [0.1, 0.15) is 27.0 Å². The van der Waals surface area contributed by atoms with Crippen LogP contribution in [0.3, 0.4) is 0 Å². The fourth-order valence-corrected chi connectivity index (χ4v) is 4.86. The number of rotatable bonds is 8. The monoisotopic (exact) mass is 610 g/mol. The number of hydrogen-bond donors (Lipinski definition) is 4. The molecule has 0 fully saturated rings. The van der Waals surface area contributed by atoms with Gasteiger partial charge in [-0.1, -0.05) is 30.3 Å². The lowest BCUT2D eigenvalue weighted by atomic mass is 9.89. The second kappa shape index (κ2) is 12.3. The van der Waals surface area contributed by atoms with E-state index in [0.29, 0.717) is 33.9 Å². The van der Waals surface area contributed by atoms with Crippen molar-refractivity contribution in [3.05, 3.63) is 119 Å². The van der Waals surface area contributed by atoms with Crippen LogP contribution in [0, 0.1) is 6.92 Å². The standard InChI is InChI=1S/C32H26N4O7S/c1-19-7-8-21(31(38)33-23-11-15-25(16-12-23)44(40,41)42)18-28(19)35-36-29-26-6-4-3-5-20(26)17-27(30(29)37)32(39)34-22-9-13-24(43-2)14-10-22/h3-18,35H,1-2H3,(H,33,38)(H,34,39)(H,40,41,42)/b36-29+. The van der Waals surface area contributed by atoms with Gasteiger partial charge >= 0.3 is 0 Å². The summed E-state index contributed by atoms with van der Waals surface area (Å²) in [7, 11) is -2.82. The highest BCUT2D eigenvalue weighted by Gasteiger charge is 2.30. The van der Waals surface area contributed by atoms with E-state index < -0.39 is 27.7 Å². The molecule has 1 aliphatic carbocycles. The van der Waals surface area contributed by atoms with Crippen LogP contribution in [0.15, 0.2) is 107 Å². The molecule has 0 atom stereocenters. The number of aryl methyl sites for hydroxylation is 1. The first-order valence-electron chi connectivity index (χ1n) is 13.2. The fraction of sp³-hybridized carbons (Fsp3) is 0.0625. The number of carbonyl (C=O) groups is 3. The number of carbonyl (C=O) groups excluding carboxylic acids is 3. The Bertz CT molecular complexity index is 1950. The molecule has 0 radical (unpaired) electrons. The Morgan fingerprint density at radius 2 is 1.48 bits per heavy atom. The van der Waals surface area contributed by atoms with Crippen molar-refractivity contribution in [3.63, 3.8) is 0 Å². The van der Waals surface area contributed by atoms with Gasteiger partial charge in [0.05, 0.1) is 23.3 Å². The van der Waals surface area contributed by atoms with E-state index in [0.717, 1.165) is 5.56 Å². The number of ether oxygens (including phenoxy) is 1. The van der Waals surface area contributed by atoms with E-state index in [4.69, 9.17) is 9.29 Å². The number of fused-ring (bicyclic) bond motifs is 1. The summed E-state index contributed by atoms with van der Waals surface area (Å²) in [6, 6.07) is 23.6. The van der Waals surface area contributed by atoms with Gasteiger partial charge in [-0.25, -0.2) is 0 Å². The van der Waals surface area contributed by atoms with Gasteiger partial charge in [-0.05, 0) is 84.8 Å². The third kappa shape index (κ3) is 6.56. The molecular formula is C32H26N4O7S. The summed E-state index contributed by atoms with van der Waals surface area (Å²) in [6.45, 7) is 1.79. The van der Waals surface area contributed by atoms with Crippen LogP contribution in [-0.4, -0.2) is 43.4 Å². The van der Waals surface area contributed by atoms with Gasteiger partial charge in [0.25, 0.3) is 21.9 Å². The van der Waals surface area contributed by atoms with Crippen molar-refractivity contribution in [1.82, 2.24) is 0 Å². The van der Waals surface area contributed by atoms with E-state index in [1.807, 2.05) is 0 Å². The molecule has 222 valence electrons. The second-order valence-corrected chi connectivity index (χ2v) is 11.1. The first kappa shape index (κ1) is 29.9. The molecular weight excluding hydrogens is 584 g/mol. The number of anilines is 3. The lowest BCUT2D eigenvalue weighted by Gasteiger charge is -2.18. The minimum atomic E-state index is -4.36. The minimum Gasteiger partial charge on any atom is -0.497 e. The average molecular weight is 611 g/mol. The number of nitrogens with one attached hydrogen (secondary N) is 3. The predicted molar refractivity (Wildman–Crippen MR) is 167 cm³/mol. The third-order valence-corrected chi connectivity index (χ3v) is 7.63. The molecule has 12 heteroatoms. The van der Waals surface area contributed by atoms with Crippen molar-refractivity contribution < 1.29 is 32.1 Å². The minimum absolute atomic E-state index is 0.0242. The molecule has 11 nitrogen and oxygen atoms in total. The van der Waals surface area contributed by atoms with Crippen LogP contribution in [0.5, 0.6) is 5.75 Å². The Kier molecular flexibility index (Phi) is 8.38. The Hall–Kier alpha value is -5.59. The molecule has 0 spiro atoms. The summed E-state index contributed by atoms with van der Waals surface area (Å²) < 4.78 is 36.8. The highest BCUT2D eigenvalue weighted by molar-refractivity contribution is 7.85. The molecule has 4 aromatic carbocycles. The first-order valence-corrected chi connectivity index (χ1v) is 14.6. The van der Waals surface area contributed by atoms with Gasteiger partial charge in [-0.15, -0.1) is 0 Å². The summed E-state index contributed by atoms with van der Waals surface area (Å²) in [5.74, 6) is -1.04. The highest BCUT2D eigenvalue weighted by Crippen LogP contribution is 2.25. The van der Waals surface area contributed by atoms with Gasteiger partial charge in [0.15, 0.2) is 0 Å². The largest absolute Gasteiger partial charge is 0.497 e. The lowest BCUT2D eigenvalue weighted by molar-refractivity contribution is -0.116. The average Bonchev–Trinajstić information content (AvgIpc) is 3.01. The second-order valence-electron chi connectivity index (χ2n) is 9.71. The summed E-state index contributed by atoms with van der Waals surface area (Å²) >= 11 is 0.